The average molecular weight is 507 g/mol. The number of carbonyl (C=O) groups excluding carboxylic acids is 1. The van der Waals surface area contributed by atoms with Crippen molar-refractivity contribution in [3.05, 3.63) is 80.2 Å². The molecule has 0 aliphatic heterocycles. The number of methoxy groups -OCH3 is 1. The number of hydrogen-bond donors (Lipinski definition) is 1. The van der Waals surface area contributed by atoms with Crippen LogP contribution in [0.4, 0.5) is 0 Å². The van der Waals surface area contributed by atoms with Crippen LogP contribution in [-0.2, 0) is 51.9 Å². The third-order valence-corrected chi connectivity index (χ3v) is 4.93. The van der Waals surface area contributed by atoms with E-state index in [1.54, 1.807) is 19.1 Å². The van der Waals surface area contributed by atoms with Gasteiger partial charge in [0.2, 0.25) is 0 Å². The van der Waals surface area contributed by atoms with Crippen LogP contribution in [-0.4, -0.2) is 35.3 Å². The maximum atomic E-state index is 11.0. The van der Waals surface area contributed by atoms with E-state index in [1.807, 2.05) is 44.2 Å². The van der Waals surface area contributed by atoms with Crippen LogP contribution < -0.4 is 0 Å². The van der Waals surface area contributed by atoms with Crippen LogP contribution in [0.25, 0.3) is 0 Å². The molecule has 0 aliphatic carbocycles. The average Bonchev–Trinajstić information content (AvgIpc) is 2.83. The molecular weight excluding hydrogens is 480 g/mol. The van der Waals surface area contributed by atoms with Gasteiger partial charge in [0.1, 0.15) is 0 Å². The first-order valence-corrected chi connectivity index (χ1v) is 9.28. The van der Waals surface area contributed by atoms with Gasteiger partial charge in [-0.15, -0.1) is 11.6 Å². The second-order valence-electron chi connectivity index (χ2n) is 6.23. The molecule has 1 rings (SSSR count). The summed E-state index contributed by atoms with van der Waals surface area (Å²) in [7, 11) is 1.31. The van der Waals surface area contributed by atoms with Crippen LogP contribution in [0.1, 0.15) is 26.3 Å². The maximum absolute atomic E-state index is 11.0. The monoisotopic (exact) mass is 506 g/mol. The Kier molecular flexibility index (Phi) is 27.8. The van der Waals surface area contributed by atoms with Gasteiger partial charge in [0.05, 0.1) is 30.8 Å². The van der Waals surface area contributed by atoms with Gasteiger partial charge in [-0.05, 0) is 19.4 Å². The van der Waals surface area contributed by atoms with Gasteiger partial charge in [-0.3, -0.25) is 0 Å². The van der Waals surface area contributed by atoms with Crippen LogP contribution in [0.15, 0.2) is 54.6 Å². The van der Waals surface area contributed by atoms with Crippen molar-refractivity contribution in [1.82, 2.24) is 0 Å². The summed E-state index contributed by atoms with van der Waals surface area (Å²) in [5.41, 5.74) is -0.154. The Bertz CT molecular complexity index is 698. The molecule has 0 aromatic heterocycles. The Labute approximate surface area is 205 Å². The molecule has 1 N–H and O–H groups in total. The number of halogens is 1. The second kappa shape index (κ2) is 23.8. The first-order valence-electron chi connectivity index (χ1n) is 8.85. The Balaban J connectivity index is -0.000000514. The summed E-state index contributed by atoms with van der Waals surface area (Å²) in [6.07, 6.45) is 5.78. The van der Waals surface area contributed by atoms with Crippen molar-refractivity contribution in [2.24, 2.45) is 5.92 Å². The van der Waals surface area contributed by atoms with Crippen LogP contribution in [0.2, 0.25) is 0 Å². The van der Waals surface area contributed by atoms with Crippen molar-refractivity contribution in [2.75, 3.05) is 7.11 Å². The van der Waals surface area contributed by atoms with Crippen LogP contribution in [0, 0.1) is 25.9 Å². The first kappa shape index (κ1) is 37.4. The van der Waals surface area contributed by atoms with E-state index in [9.17, 15) is 9.90 Å². The number of ether oxygens (including phenoxy) is 2. The summed E-state index contributed by atoms with van der Waals surface area (Å²) in [4.78, 5) is 11.0. The Morgan fingerprint density at radius 1 is 1.12 bits per heavy atom. The van der Waals surface area contributed by atoms with E-state index >= 15 is 0 Å². The number of carbonyl (C=O) groups is 1. The maximum Gasteiger partial charge on any atom is 0 e. The fraction of sp³-hybridized carbons (Fsp3) is 0.391. The van der Waals surface area contributed by atoms with E-state index in [2.05, 4.69) is 24.7 Å². The van der Waals surface area contributed by atoms with E-state index in [0.29, 0.717) is 6.61 Å². The quantitative estimate of drug-likeness (QED) is 0.104. The smallest absolute Gasteiger partial charge is 0 e. The van der Waals surface area contributed by atoms with Crippen molar-refractivity contribution in [1.29, 1.82) is 0 Å². The zero-order valence-electron chi connectivity index (χ0n) is 18.3. The molecule has 0 saturated carbocycles. The summed E-state index contributed by atoms with van der Waals surface area (Å²) in [6, 6.07) is 9.90. The third kappa shape index (κ3) is 16.8. The van der Waals surface area contributed by atoms with Crippen LogP contribution in [0.3, 0.4) is 0 Å². The molecule has 0 aliphatic rings. The standard InChI is InChI=1S/C20H27ClO4.3CO.Fe/c1-15(16(2)25-14-17-10-6-5-7-11-17)19(21)20(3,23)13-9-8-12-18(22)24-4;3*1-2;/h5-13,15-16,19,23H,14H2,1-4H3;;;;/b12-8+,13-9+;;;;/t15-,16-,19+,20-;;;;/m0..../s1. The summed E-state index contributed by atoms with van der Waals surface area (Å²) < 4.78 is 32.9. The number of rotatable bonds is 9. The van der Waals surface area contributed by atoms with Gasteiger partial charge in [-0.25, -0.2) is 4.79 Å². The SMILES string of the molecule is COC(=O)/C=C/C=C/[C@](C)(O)[C@H](Cl)[C@@H](C)[C@H](C)OCc1ccccc1.[C-]#[O+].[C-]#[O+].[C-]#[O+].[Fe]. The molecule has 32 heavy (non-hydrogen) atoms. The van der Waals surface area contributed by atoms with Gasteiger partial charge in [0.25, 0.3) is 0 Å². The molecule has 0 spiro atoms. The zero-order chi connectivity index (χ0) is 24.9. The van der Waals surface area contributed by atoms with Crippen molar-refractivity contribution in [2.45, 2.75) is 44.5 Å². The molecule has 0 radical (unpaired) electrons. The van der Waals surface area contributed by atoms with E-state index in [4.69, 9.17) is 30.3 Å². The zero-order valence-corrected chi connectivity index (χ0v) is 20.1. The van der Waals surface area contributed by atoms with Crippen molar-refractivity contribution in [3.63, 3.8) is 0 Å². The minimum Gasteiger partial charge on any atom is 0 e. The molecule has 0 heterocycles. The number of aliphatic hydroxyl groups is 1. The predicted octanol–water partition coefficient (Wildman–Crippen LogP) is 3.76. The third-order valence-electron chi connectivity index (χ3n) is 4.09. The topological polar surface area (TPSA) is 115 Å². The van der Waals surface area contributed by atoms with E-state index in [0.717, 1.165) is 5.56 Å². The Morgan fingerprint density at radius 2 is 1.62 bits per heavy atom. The van der Waals surface area contributed by atoms with Crippen LogP contribution >= 0.6 is 11.6 Å². The summed E-state index contributed by atoms with van der Waals surface area (Å²) in [5, 5.41) is 10.0. The van der Waals surface area contributed by atoms with Crippen molar-refractivity contribution < 1.29 is 50.4 Å². The fourth-order valence-electron chi connectivity index (χ4n) is 2.27. The van der Waals surface area contributed by atoms with Gasteiger partial charge >= 0.3 is 39.9 Å². The molecule has 0 amide bonds. The van der Waals surface area contributed by atoms with E-state index in [-0.39, 0.29) is 29.1 Å². The molecule has 4 atom stereocenters. The summed E-state index contributed by atoms with van der Waals surface area (Å²) >= 11 is 6.47. The summed E-state index contributed by atoms with van der Waals surface area (Å²) in [5.74, 6) is -0.544. The van der Waals surface area contributed by atoms with Gasteiger partial charge in [0.15, 0.2) is 0 Å². The number of hydrogen-bond acceptors (Lipinski definition) is 4. The normalized spacial score (nSPS) is 14.2. The van der Waals surface area contributed by atoms with Gasteiger partial charge < -0.3 is 14.6 Å². The van der Waals surface area contributed by atoms with Crippen molar-refractivity contribution >= 4 is 17.6 Å². The number of alkyl halides is 1. The molecule has 0 unspecified atom stereocenters. The van der Waals surface area contributed by atoms with Crippen LogP contribution in [0.5, 0.6) is 0 Å². The number of allylic oxidation sites excluding steroid dienone is 2. The molecule has 9 heteroatoms. The van der Waals surface area contributed by atoms with Crippen molar-refractivity contribution in [3.8, 4) is 0 Å². The number of benzene rings is 1. The first-order chi connectivity index (χ1) is 14.8. The van der Waals surface area contributed by atoms with Gasteiger partial charge in [-0.2, -0.15) is 0 Å². The minimum absolute atomic E-state index is 0. The Hall–Kier alpha value is -1.88. The molecule has 7 nitrogen and oxygen atoms in total. The molecular formula is C23H27ClFeO7. The molecule has 176 valence electrons. The second-order valence-corrected chi connectivity index (χ2v) is 6.70. The van der Waals surface area contributed by atoms with Gasteiger partial charge in [-0.1, -0.05) is 55.5 Å². The minimum atomic E-state index is -1.24. The summed E-state index contributed by atoms with van der Waals surface area (Å²) in [6.45, 7) is 19.5. The number of esters is 1. The van der Waals surface area contributed by atoms with Gasteiger partial charge in [0, 0.05) is 29.1 Å². The Morgan fingerprint density at radius 3 is 2.09 bits per heavy atom. The molecule has 1 aromatic rings. The molecule has 1 aromatic carbocycles. The van der Waals surface area contributed by atoms with E-state index < -0.39 is 16.9 Å². The fourth-order valence-corrected chi connectivity index (χ4v) is 2.55. The molecule has 0 saturated heterocycles. The molecule has 0 bridgehead atoms. The molecule has 0 fully saturated rings. The van der Waals surface area contributed by atoms with E-state index in [1.165, 1.54) is 19.3 Å². The predicted molar refractivity (Wildman–Crippen MR) is 112 cm³/mol. The largest absolute Gasteiger partial charge is 0 e.